The maximum atomic E-state index is 14.0. The van der Waals surface area contributed by atoms with Gasteiger partial charge in [0, 0.05) is 18.3 Å². The van der Waals surface area contributed by atoms with Crippen LogP contribution in [0.5, 0.6) is 0 Å². The highest BCUT2D eigenvalue weighted by molar-refractivity contribution is 6.22. The molecule has 5 nitrogen and oxygen atoms in total. The van der Waals surface area contributed by atoms with Gasteiger partial charge in [0.2, 0.25) is 0 Å². The van der Waals surface area contributed by atoms with Crippen LogP contribution >= 0.6 is 0 Å². The average molecular weight is 355 g/mol. The van der Waals surface area contributed by atoms with Crippen molar-refractivity contribution in [2.75, 3.05) is 16.3 Å². The van der Waals surface area contributed by atoms with Crippen molar-refractivity contribution < 1.29 is 14.0 Å². The minimum Gasteiger partial charge on any atom is -0.312 e. The van der Waals surface area contributed by atoms with Crippen LogP contribution in [0.1, 0.15) is 20.3 Å². The molecule has 0 fully saturated rings. The zero-order valence-electron chi connectivity index (χ0n) is 14.9. The Kier molecular flexibility index (Phi) is 5.04. The number of rotatable bonds is 4. The van der Waals surface area contributed by atoms with Crippen LogP contribution in [-0.2, 0) is 9.59 Å². The standard InChI is InChI=1S/C20H22FN3O2/c1-13(2)10-11-23-16-9-8-14(21)12-17(16)24(15-6-4-3-5-7-15)20(26)18(22)19(23)25/h3-9,12-13,18H,10-11,22H2,1-2H3. The van der Waals surface area contributed by atoms with Crippen molar-refractivity contribution >= 4 is 28.9 Å². The smallest absolute Gasteiger partial charge is 0.258 e. The predicted molar refractivity (Wildman–Crippen MR) is 99.8 cm³/mol. The maximum Gasteiger partial charge on any atom is 0.258 e. The van der Waals surface area contributed by atoms with Gasteiger partial charge in [-0.05, 0) is 36.6 Å². The number of benzene rings is 2. The number of nitrogens with zero attached hydrogens (tertiary/aromatic N) is 2. The number of fused-ring (bicyclic) bond motifs is 1. The van der Waals surface area contributed by atoms with E-state index in [9.17, 15) is 14.0 Å². The fourth-order valence-corrected chi connectivity index (χ4v) is 3.02. The Hall–Kier alpha value is -2.73. The summed E-state index contributed by atoms with van der Waals surface area (Å²) in [5, 5.41) is 0. The van der Waals surface area contributed by atoms with Gasteiger partial charge in [0.15, 0.2) is 6.04 Å². The van der Waals surface area contributed by atoms with Crippen molar-refractivity contribution in [2.45, 2.75) is 26.3 Å². The van der Waals surface area contributed by atoms with Gasteiger partial charge in [-0.15, -0.1) is 0 Å². The molecule has 0 saturated heterocycles. The van der Waals surface area contributed by atoms with E-state index in [0.29, 0.717) is 29.5 Å². The molecule has 2 aromatic rings. The number of anilines is 3. The second-order valence-corrected chi connectivity index (χ2v) is 6.79. The Balaban J connectivity index is 2.17. The largest absolute Gasteiger partial charge is 0.312 e. The first-order valence-corrected chi connectivity index (χ1v) is 8.65. The molecule has 0 radical (unpaired) electrons. The number of halogens is 1. The fourth-order valence-electron chi connectivity index (χ4n) is 3.02. The Bertz CT molecular complexity index is 823. The molecular formula is C20H22FN3O2. The van der Waals surface area contributed by atoms with Crippen molar-refractivity contribution in [1.82, 2.24) is 0 Å². The van der Waals surface area contributed by atoms with Gasteiger partial charge in [-0.2, -0.15) is 0 Å². The van der Waals surface area contributed by atoms with E-state index in [1.165, 1.54) is 28.0 Å². The minimum atomic E-state index is -1.34. The van der Waals surface area contributed by atoms with Gasteiger partial charge in [-0.3, -0.25) is 14.5 Å². The van der Waals surface area contributed by atoms with E-state index in [-0.39, 0.29) is 0 Å². The number of hydrogen-bond acceptors (Lipinski definition) is 3. The zero-order valence-corrected chi connectivity index (χ0v) is 14.9. The number of carbonyl (C=O) groups excluding carboxylic acids is 2. The summed E-state index contributed by atoms with van der Waals surface area (Å²) in [6.45, 7) is 4.52. The quantitative estimate of drug-likeness (QED) is 0.857. The first-order valence-electron chi connectivity index (χ1n) is 8.65. The summed E-state index contributed by atoms with van der Waals surface area (Å²) in [6, 6.07) is 11.6. The third kappa shape index (κ3) is 3.32. The topological polar surface area (TPSA) is 66.6 Å². The lowest BCUT2D eigenvalue weighted by molar-refractivity contribution is -0.127. The summed E-state index contributed by atoms with van der Waals surface area (Å²) >= 11 is 0. The van der Waals surface area contributed by atoms with E-state index in [4.69, 9.17) is 5.73 Å². The molecule has 1 heterocycles. The van der Waals surface area contributed by atoms with E-state index in [2.05, 4.69) is 13.8 Å². The molecule has 6 heteroatoms. The monoisotopic (exact) mass is 355 g/mol. The van der Waals surface area contributed by atoms with Crippen LogP contribution in [0.15, 0.2) is 48.5 Å². The van der Waals surface area contributed by atoms with Crippen molar-refractivity contribution in [3.8, 4) is 0 Å². The van der Waals surface area contributed by atoms with Crippen LogP contribution in [0.3, 0.4) is 0 Å². The Labute approximate surface area is 152 Å². The summed E-state index contributed by atoms with van der Waals surface area (Å²) in [4.78, 5) is 28.6. The van der Waals surface area contributed by atoms with Crippen molar-refractivity contribution in [3.63, 3.8) is 0 Å². The predicted octanol–water partition coefficient (Wildman–Crippen LogP) is 3.21. The van der Waals surface area contributed by atoms with Crippen molar-refractivity contribution in [3.05, 3.63) is 54.3 Å². The van der Waals surface area contributed by atoms with Crippen LogP contribution in [0, 0.1) is 11.7 Å². The maximum absolute atomic E-state index is 14.0. The Morgan fingerprint density at radius 1 is 1.04 bits per heavy atom. The van der Waals surface area contributed by atoms with E-state index < -0.39 is 23.7 Å². The SMILES string of the molecule is CC(C)CCN1C(=O)C(N)C(=O)N(c2ccccc2)c2cc(F)ccc21. The van der Waals surface area contributed by atoms with E-state index >= 15 is 0 Å². The lowest BCUT2D eigenvalue weighted by Gasteiger charge is -2.26. The van der Waals surface area contributed by atoms with Gasteiger partial charge in [0.1, 0.15) is 5.82 Å². The van der Waals surface area contributed by atoms with E-state index in [1.54, 1.807) is 24.3 Å². The Morgan fingerprint density at radius 3 is 2.38 bits per heavy atom. The van der Waals surface area contributed by atoms with E-state index in [0.717, 1.165) is 6.42 Å². The summed E-state index contributed by atoms with van der Waals surface area (Å²) in [5.74, 6) is -1.15. The van der Waals surface area contributed by atoms with Gasteiger partial charge in [0.25, 0.3) is 11.8 Å². The molecule has 1 atom stereocenters. The lowest BCUT2D eigenvalue weighted by Crippen LogP contribution is -2.50. The summed E-state index contributed by atoms with van der Waals surface area (Å²) in [6.07, 6.45) is 0.745. The molecule has 0 spiro atoms. The highest BCUT2D eigenvalue weighted by Crippen LogP contribution is 2.38. The minimum absolute atomic E-state index is 0.325. The lowest BCUT2D eigenvalue weighted by atomic mass is 10.1. The summed E-state index contributed by atoms with van der Waals surface area (Å²) < 4.78 is 14.0. The zero-order chi connectivity index (χ0) is 18.8. The summed E-state index contributed by atoms with van der Waals surface area (Å²) in [7, 11) is 0. The van der Waals surface area contributed by atoms with Gasteiger partial charge in [0.05, 0.1) is 11.4 Å². The summed E-state index contributed by atoms with van der Waals surface area (Å²) in [5.41, 5.74) is 7.34. The second kappa shape index (κ2) is 7.25. The third-order valence-electron chi connectivity index (χ3n) is 4.43. The van der Waals surface area contributed by atoms with Crippen molar-refractivity contribution in [2.24, 2.45) is 11.7 Å². The third-order valence-corrected chi connectivity index (χ3v) is 4.43. The molecule has 2 amide bonds. The highest BCUT2D eigenvalue weighted by Gasteiger charge is 2.38. The molecule has 136 valence electrons. The van der Waals surface area contributed by atoms with Crippen LogP contribution in [0.25, 0.3) is 0 Å². The first-order chi connectivity index (χ1) is 12.4. The van der Waals surface area contributed by atoms with Crippen LogP contribution in [-0.4, -0.2) is 24.4 Å². The second-order valence-electron chi connectivity index (χ2n) is 6.79. The molecule has 1 aliphatic heterocycles. The average Bonchev–Trinajstić information content (AvgIpc) is 2.69. The number of carbonyl (C=O) groups is 2. The number of para-hydroxylation sites is 1. The number of hydrogen-bond donors (Lipinski definition) is 1. The molecule has 0 bridgehead atoms. The van der Waals surface area contributed by atoms with Gasteiger partial charge < -0.3 is 10.6 Å². The molecule has 2 N–H and O–H groups in total. The normalized spacial score (nSPS) is 17.5. The molecule has 0 saturated carbocycles. The van der Waals surface area contributed by atoms with Crippen LogP contribution in [0.2, 0.25) is 0 Å². The fraction of sp³-hybridized carbons (Fsp3) is 0.300. The molecule has 26 heavy (non-hydrogen) atoms. The molecule has 0 aromatic heterocycles. The number of nitrogens with two attached hydrogens (primary N) is 1. The van der Waals surface area contributed by atoms with Gasteiger partial charge in [-0.25, -0.2) is 4.39 Å². The molecular weight excluding hydrogens is 333 g/mol. The molecule has 1 aliphatic rings. The van der Waals surface area contributed by atoms with Crippen LogP contribution < -0.4 is 15.5 Å². The Morgan fingerprint density at radius 2 is 1.73 bits per heavy atom. The molecule has 2 aromatic carbocycles. The van der Waals surface area contributed by atoms with Crippen molar-refractivity contribution in [1.29, 1.82) is 0 Å². The molecule has 3 rings (SSSR count). The first kappa shape index (κ1) is 18.1. The number of amides is 2. The highest BCUT2D eigenvalue weighted by atomic mass is 19.1. The van der Waals surface area contributed by atoms with Crippen LogP contribution in [0.4, 0.5) is 21.5 Å². The van der Waals surface area contributed by atoms with Gasteiger partial charge >= 0.3 is 0 Å². The molecule has 0 aliphatic carbocycles. The van der Waals surface area contributed by atoms with Gasteiger partial charge in [-0.1, -0.05) is 32.0 Å². The molecule has 1 unspecified atom stereocenters. The van der Waals surface area contributed by atoms with E-state index in [1.807, 2.05) is 6.07 Å².